The topological polar surface area (TPSA) is 166 Å². The van der Waals surface area contributed by atoms with E-state index in [0.29, 0.717) is 12.2 Å². The first-order chi connectivity index (χ1) is 20.1. The minimum atomic E-state index is -1.18. The summed E-state index contributed by atoms with van der Waals surface area (Å²) in [7, 11) is 0. The third-order valence-corrected chi connectivity index (χ3v) is 7.58. The van der Waals surface area contributed by atoms with Crippen LogP contribution >= 0.6 is 11.8 Å². The molecule has 4 unspecified atom stereocenters. The van der Waals surface area contributed by atoms with Gasteiger partial charge in [0.15, 0.2) is 0 Å². The van der Waals surface area contributed by atoms with Crippen molar-refractivity contribution in [2.45, 2.75) is 63.7 Å². The largest absolute Gasteiger partial charge is 0.480 e. The summed E-state index contributed by atoms with van der Waals surface area (Å²) in [5, 5.41) is 18.9. The van der Waals surface area contributed by atoms with Gasteiger partial charge in [-0.3, -0.25) is 14.4 Å². The SMILES string of the molecule is CSCCC(NC(=O)C(Cc1c[nH]c2ccccc12)NC(=O)C(N)CC(C)C)C(=O)NC(Cc1ccccc1)C(=O)O. The molecule has 0 fully saturated rings. The molecule has 0 aliphatic heterocycles. The van der Waals surface area contributed by atoms with E-state index in [2.05, 4.69) is 20.9 Å². The number of rotatable bonds is 16. The Morgan fingerprint density at radius 3 is 2.14 bits per heavy atom. The highest BCUT2D eigenvalue weighted by Crippen LogP contribution is 2.19. The fourth-order valence-corrected chi connectivity index (χ4v) is 5.19. The van der Waals surface area contributed by atoms with Crippen LogP contribution in [0.3, 0.4) is 0 Å². The molecule has 0 aliphatic carbocycles. The van der Waals surface area contributed by atoms with E-state index in [0.717, 1.165) is 22.0 Å². The van der Waals surface area contributed by atoms with Crippen LogP contribution in [-0.2, 0) is 32.0 Å². The maximum Gasteiger partial charge on any atom is 0.326 e. The van der Waals surface area contributed by atoms with Crippen molar-refractivity contribution >= 4 is 46.4 Å². The number of carboxylic acids is 1. The number of carbonyl (C=O) groups excluding carboxylic acids is 3. The Bertz CT molecular complexity index is 1350. The number of aromatic nitrogens is 1. The smallest absolute Gasteiger partial charge is 0.326 e. The summed E-state index contributed by atoms with van der Waals surface area (Å²) in [6, 6.07) is 12.6. The summed E-state index contributed by atoms with van der Waals surface area (Å²) >= 11 is 1.50. The predicted octanol–water partition coefficient (Wildman–Crippen LogP) is 2.62. The molecule has 0 saturated carbocycles. The Morgan fingerprint density at radius 2 is 1.48 bits per heavy atom. The summed E-state index contributed by atoms with van der Waals surface area (Å²) in [6.07, 6.45) is 4.66. The first-order valence-electron chi connectivity index (χ1n) is 14.1. The van der Waals surface area contributed by atoms with Crippen molar-refractivity contribution in [2.75, 3.05) is 12.0 Å². The van der Waals surface area contributed by atoms with Crippen molar-refractivity contribution in [1.29, 1.82) is 0 Å². The van der Waals surface area contributed by atoms with Crippen LogP contribution in [0.2, 0.25) is 0 Å². The zero-order chi connectivity index (χ0) is 30.6. The molecule has 0 radical (unpaired) electrons. The molecule has 42 heavy (non-hydrogen) atoms. The number of nitrogens with one attached hydrogen (secondary N) is 4. The molecule has 7 N–H and O–H groups in total. The number of amides is 3. The Labute approximate surface area is 250 Å². The fraction of sp³-hybridized carbons (Fsp3) is 0.419. The van der Waals surface area contributed by atoms with Crippen LogP contribution in [0.4, 0.5) is 0 Å². The second kappa shape index (κ2) is 16.0. The molecule has 1 heterocycles. The minimum absolute atomic E-state index is 0.0953. The molecule has 1 aromatic heterocycles. The zero-order valence-corrected chi connectivity index (χ0v) is 25.1. The number of nitrogens with two attached hydrogens (primary N) is 1. The first-order valence-corrected chi connectivity index (χ1v) is 15.5. The number of thioether (sulfide) groups is 1. The number of aliphatic carboxylic acids is 1. The number of hydrogen-bond donors (Lipinski definition) is 6. The summed E-state index contributed by atoms with van der Waals surface area (Å²) in [4.78, 5) is 55.2. The molecule has 226 valence electrons. The van der Waals surface area contributed by atoms with Crippen LogP contribution in [0.15, 0.2) is 60.8 Å². The molecule has 11 heteroatoms. The molecular weight excluding hydrogens is 554 g/mol. The second-order valence-electron chi connectivity index (χ2n) is 10.8. The molecule has 3 aromatic rings. The van der Waals surface area contributed by atoms with Gasteiger partial charge in [-0.2, -0.15) is 11.8 Å². The van der Waals surface area contributed by atoms with E-state index in [1.165, 1.54) is 11.8 Å². The summed E-state index contributed by atoms with van der Waals surface area (Å²) in [5.41, 5.74) is 8.59. The van der Waals surface area contributed by atoms with Crippen molar-refractivity contribution in [2.24, 2.45) is 11.7 Å². The lowest BCUT2D eigenvalue weighted by Crippen LogP contribution is -2.58. The molecule has 0 spiro atoms. The summed E-state index contributed by atoms with van der Waals surface area (Å²) in [6.45, 7) is 3.92. The number of fused-ring (bicyclic) bond motifs is 1. The third-order valence-electron chi connectivity index (χ3n) is 6.93. The lowest BCUT2D eigenvalue weighted by Gasteiger charge is -2.25. The fourth-order valence-electron chi connectivity index (χ4n) is 4.72. The number of benzene rings is 2. The summed E-state index contributed by atoms with van der Waals surface area (Å²) < 4.78 is 0. The van der Waals surface area contributed by atoms with Gasteiger partial charge in [0.2, 0.25) is 17.7 Å². The van der Waals surface area contributed by atoms with Crippen molar-refractivity contribution in [3.8, 4) is 0 Å². The van der Waals surface area contributed by atoms with Crippen molar-refractivity contribution in [3.63, 3.8) is 0 Å². The number of carboxylic acid groups (broad SMARTS) is 1. The number of carbonyl (C=O) groups is 4. The quantitative estimate of drug-likeness (QED) is 0.148. The van der Waals surface area contributed by atoms with Gasteiger partial charge in [0, 0.05) is 29.9 Å². The molecule has 2 aromatic carbocycles. The Morgan fingerprint density at radius 1 is 0.857 bits per heavy atom. The average molecular weight is 596 g/mol. The van der Waals surface area contributed by atoms with Crippen LogP contribution in [0.25, 0.3) is 10.9 Å². The van der Waals surface area contributed by atoms with Crippen LogP contribution in [-0.4, -0.2) is 70.0 Å². The van der Waals surface area contributed by atoms with E-state index < -0.39 is 47.9 Å². The van der Waals surface area contributed by atoms with E-state index in [-0.39, 0.29) is 25.2 Å². The number of H-pyrrole nitrogens is 1. The summed E-state index contributed by atoms with van der Waals surface area (Å²) in [5.74, 6) is -2.05. The third kappa shape index (κ3) is 9.63. The molecule has 4 atom stereocenters. The van der Waals surface area contributed by atoms with Crippen LogP contribution < -0.4 is 21.7 Å². The lowest BCUT2D eigenvalue weighted by atomic mass is 10.0. The highest BCUT2D eigenvalue weighted by molar-refractivity contribution is 7.98. The Balaban J connectivity index is 1.81. The molecule has 3 rings (SSSR count). The zero-order valence-electron chi connectivity index (χ0n) is 24.3. The second-order valence-corrected chi connectivity index (χ2v) is 11.8. The first kappa shape index (κ1) is 32.7. The van der Waals surface area contributed by atoms with E-state index in [4.69, 9.17) is 5.73 Å². The van der Waals surface area contributed by atoms with Gasteiger partial charge in [-0.15, -0.1) is 0 Å². The Hall–Kier alpha value is -3.83. The minimum Gasteiger partial charge on any atom is -0.480 e. The van der Waals surface area contributed by atoms with E-state index in [1.54, 1.807) is 30.5 Å². The van der Waals surface area contributed by atoms with E-state index in [1.807, 2.05) is 50.4 Å². The molecule has 0 aliphatic rings. The number of aromatic amines is 1. The van der Waals surface area contributed by atoms with Crippen molar-refractivity contribution in [1.82, 2.24) is 20.9 Å². The highest BCUT2D eigenvalue weighted by atomic mass is 32.2. The predicted molar refractivity (Wildman–Crippen MR) is 166 cm³/mol. The van der Waals surface area contributed by atoms with Gasteiger partial charge in [0.1, 0.15) is 18.1 Å². The van der Waals surface area contributed by atoms with Crippen molar-refractivity contribution in [3.05, 3.63) is 71.9 Å². The van der Waals surface area contributed by atoms with Crippen LogP contribution in [0.5, 0.6) is 0 Å². The van der Waals surface area contributed by atoms with Gasteiger partial charge in [0.05, 0.1) is 6.04 Å². The molecule has 0 saturated heterocycles. The maximum atomic E-state index is 13.7. The Kier molecular flexibility index (Phi) is 12.4. The van der Waals surface area contributed by atoms with Crippen molar-refractivity contribution < 1.29 is 24.3 Å². The number of para-hydroxylation sites is 1. The average Bonchev–Trinajstić information content (AvgIpc) is 3.37. The molecule has 3 amide bonds. The molecule has 0 bridgehead atoms. The monoisotopic (exact) mass is 595 g/mol. The maximum absolute atomic E-state index is 13.7. The van der Waals surface area contributed by atoms with Crippen LogP contribution in [0, 0.1) is 5.92 Å². The normalized spacial score (nSPS) is 14.1. The van der Waals surface area contributed by atoms with Gasteiger partial charge in [-0.1, -0.05) is 62.4 Å². The standard InChI is InChI=1S/C31H41N5O5S/c1-19(2)15-23(32)28(37)35-26(17-21-18-33-24-12-8-7-11-22(21)24)30(39)34-25(13-14-42-3)29(38)36-27(31(40)41)16-20-9-5-4-6-10-20/h4-12,18-19,23,25-27,33H,13-17,32H2,1-3H3,(H,34,39)(H,35,37)(H,36,38)(H,40,41). The van der Waals surface area contributed by atoms with Gasteiger partial charge in [-0.25, -0.2) is 4.79 Å². The van der Waals surface area contributed by atoms with E-state index >= 15 is 0 Å². The van der Waals surface area contributed by atoms with Gasteiger partial charge in [0.25, 0.3) is 0 Å². The van der Waals surface area contributed by atoms with Gasteiger partial charge in [-0.05, 0) is 48.0 Å². The van der Waals surface area contributed by atoms with Gasteiger partial charge < -0.3 is 31.8 Å². The molecule has 10 nitrogen and oxygen atoms in total. The lowest BCUT2D eigenvalue weighted by molar-refractivity contribution is -0.142. The van der Waals surface area contributed by atoms with Crippen LogP contribution in [0.1, 0.15) is 37.8 Å². The van der Waals surface area contributed by atoms with E-state index in [9.17, 15) is 24.3 Å². The van der Waals surface area contributed by atoms with Gasteiger partial charge >= 0.3 is 5.97 Å². The highest BCUT2D eigenvalue weighted by Gasteiger charge is 2.31. The number of hydrogen-bond acceptors (Lipinski definition) is 6. The molecular formula is C31H41N5O5S.